The monoisotopic (exact) mass is 432 g/mol. The molecule has 0 bridgehead atoms. The van der Waals surface area contributed by atoms with Gasteiger partial charge >= 0.3 is 0 Å². The summed E-state index contributed by atoms with van der Waals surface area (Å²) in [4.78, 5) is 21.8. The third-order valence-electron chi connectivity index (χ3n) is 5.44. The van der Waals surface area contributed by atoms with Crippen molar-refractivity contribution in [1.82, 2.24) is 14.3 Å². The number of piperazine rings is 1. The third-order valence-corrected chi connectivity index (χ3v) is 6.25. The highest BCUT2D eigenvalue weighted by molar-refractivity contribution is 7.09. The maximum absolute atomic E-state index is 13.1. The van der Waals surface area contributed by atoms with Crippen molar-refractivity contribution in [2.75, 3.05) is 24.5 Å². The van der Waals surface area contributed by atoms with Crippen LogP contribution in [0.3, 0.4) is 0 Å². The fourth-order valence-corrected chi connectivity index (χ4v) is 4.98. The number of carbonyl (C=O) groups excluding carboxylic acids is 1. The molecule has 1 aromatic carbocycles. The zero-order chi connectivity index (χ0) is 21.9. The number of hydrogen-bond donors (Lipinski definition) is 0. The van der Waals surface area contributed by atoms with Crippen molar-refractivity contribution in [3.63, 3.8) is 0 Å². The average molecular weight is 433 g/mol. The molecule has 0 unspecified atom stereocenters. The first-order valence-corrected chi connectivity index (χ1v) is 11.5. The van der Waals surface area contributed by atoms with E-state index in [1.54, 1.807) is 12.1 Å². The first kappa shape index (κ1) is 22.7. The molecule has 0 saturated carbocycles. The van der Waals surface area contributed by atoms with Gasteiger partial charge in [-0.1, -0.05) is 39.8 Å². The van der Waals surface area contributed by atoms with Crippen molar-refractivity contribution in [1.29, 1.82) is 0 Å². The minimum Gasteiger partial charge on any atom is -0.343 e. The summed E-state index contributed by atoms with van der Waals surface area (Å²) in [5, 5.41) is 0.896. The van der Waals surface area contributed by atoms with E-state index in [0.717, 1.165) is 42.6 Å². The molecule has 2 heterocycles. The first-order valence-electron chi connectivity index (χ1n) is 10.7. The lowest BCUT2D eigenvalue weighted by Crippen LogP contribution is -2.54. The summed E-state index contributed by atoms with van der Waals surface area (Å²) < 4.78 is 17.6. The summed E-state index contributed by atoms with van der Waals surface area (Å²) in [6, 6.07) is 6.61. The van der Waals surface area contributed by atoms with Crippen LogP contribution in [0.15, 0.2) is 24.3 Å². The molecule has 3 rings (SSSR count). The van der Waals surface area contributed by atoms with Crippen molar-refractivity contribution < 1.29 is 9.18 Å². The van der Waals surface area contributed by atoms with Gasteiger partial charge in [0.2, 0.25) is 11.0 Å². The van der Waals surface area contributed by atoms with Crippen molar-refractivity contribution in [3.05, 3.63) is 41.5 Å². The second kappa shape index (κ2) is 9.41. The molecule has 0 spiro atoms. The summed E-state index contributed by atoms with van der Waals surface area (Å²) in [5.74, 6) is 1.16. The topological polar surface area (TPSA) is 49.3 Å². The smallest absolute Gasteiger partial charge is 0.223 e. The van der Waals surface area contributed by atoms with E-state index in [1.807, 2.05) is 4.90 Å². The van der Waals surface area contributed by atoms with Crippen LogP contribution in [-0.2, 0) is 11.2 Å². The van der Waals surface area contributed by atoms with Crippen molar-refractivity contribution >= 4 is 22.6 Å². The fraction of sp³-hybridized carbons (Fsp3) is 0.609. The van der Waals surface area contributed by atoms with Crippen LogP contribution >= 0.6 is 11.5 Å². The van der Waals surface area contributed by atoms with E-state index in [2.05, 4.69) is 48.9 Å². The lowest BCUT2D eigenvalue weighted by Gasteiger charge is -2.40. The molecule has 1 saturated heterocycles. The van der Waals surface area contributed by atoms with Gasteiger partial charge in [-0.3, -0.25) is 4.79 Å². The van der Waals surface area contributed by atoms with Crippen LogP contribution in [0, 0.1) is 17.2 Å². The summed E-state index contributed by atoms with van der Waals surface area (Å²) in [6.45, 7) is 13.2. The van der Waals surface area contributed by atoms with Crippen LogP contribution in [0.5, 0.6) is 0 Å². The molecule has 5 nitrogen and oxygen atoms in total. The van der Waals surface area contributed by atoms with Crippen LogP contribution in [0.2, 0.25) is 0 Å². The maximum atomic E-state index is 13.1. The van der Waals surface area contributed by atoms with Gasteiger partial charge < -0.3 is 9.80 Å². The van der Waals surface area contributed by atoms with Crippen LogP contribution in [-0.4, -0.2) is 45.8 Å². The van der Waals surface area contributed by atoms with E-state index in [9.17, 15) is 9.18 Å². The molecule has 7 heteroatoms. The van der Waals surface area contributed by atoms with Gasteiger partial charge in [0, 0.05) is 50.1 Å². The van der Waals surface area contributed by atoms with Crippen molar-refractivity contribution in [3.8, 4) is 0 Å². The van der Waals surface area contributed by atoms with Crippen LogP contribution in [0.25, 0.3) is 0 Å². The molecule has 1 amide bonds. The summed E-state index contributed by atoms with van der Waals surface area (Å²) in [7, 11) is 0. The summed E-state index contributed by atoms with van der Waals surface area (Å²) >= 11 is 1.39. The number of nitrogens with zero attached hydrogens (tertiary/aromatic N) is 4. The molecule has 1 aliphatic heterocycles. The van der Waals surface area contributed by atoms with E-state index in [-0.39, 0.29) is 23.2 Å². The van der Waals surface area contributed by atoms with Crippen LogP contribution in [0.4, 0.5) is 9.52 Å². The number of carbonyl (C=O) groups is 1. The Kier molecular flexibility index (Phi) is 7.11. The van der Waals surface area contributed by atoms with Gasteiger partial charge in [-0.15, -0.1) is 0 Å². The Morgan fingerprint density at radius 2 is 1.97 bits per heavy atom. The van der Waals surface area contributed by atoms with Crippen molar-refractivity contribution in [2.24, 2.45) is 11.3 Å². The molecule has 1 fully saturated rings. The number of anilines is 1. The molecule has 164 valence electrons. The molecule has 2 aromatic rings. The molecule has 1 aromatic heterocycles. The Morgan fingerprint density at radius 1 is 1.27 bits per heavy atom. The number of halogens is 1. The predicted molar refractivity (Wildman–Crippen MR) is 120 cm³/mol. The fourth-order valence-electron chi connectivity index (χ4n) is 4.26. The van der Waals surface area contributed by atoms with Crippen molar-refractivity contribution in [2.45, 2.75) is 59.9 Å². The molecule has 0 radical (unpaired) electrons. The summed E-state index contributed by atoms with van der Waals surface area (Å²) in [6.07, 6.45) is 2.26. The first-order chi connectivity index (χ1) is 14.1. The predicted octanol–water partition coefficient (Wildman–Crippen LogP) is 4.77. The highest BCUT2D eigenvalue weighted by atomic mass is 32.1. The number of benzene rings is 1. The summed E-state index contributed by atoms with van der Waals surface area (Å²) in [5.41, 5.74) is 1.24. The Morgan fingerprint density at radius 3 is 2.60 bits per heavy atom. The zero-order valence-corrected chi connectivity index (χ0v) is 19.5. The minimum absolute atomic E-state index is 0.150. The van der Waals surface area contributed by atoms with Gasteiger partial charge in [0.25, 0.3) is 0 Å². The maximum Gasteiger partial charge on any atom is 0.223 e. The molecule has 0 aliphatic carbocycles. The highest BCUT2D eigenvalue weighted by Gasteiger charge is 2.30. The Balaban J connectivity index is 1.54. The quantitative estimate of drug-likeness (QED) is 0.660. The number of hydrogen-bond acceptors (Lipinski definition) is 5. The van der Waals surface area contributed by atoms with Crippen LogP contribution < -0.4 is 4.90 Å². The number of amides is 1. The molecule has 1 aliphatic rings. The number of rotatable bonds is 6. The van der Waals surface area contributed by atoms with Gasteiger partial charge in [-0.2, -0.15) is 4.37 Å². The van der Waals surface area contributed by atoms with E-state index < -0.39 is 0 Å². The SMILES string of the molecule is C[C@H](CC(=O)N1CCN(c2nc(Cc3ccc(F)cc3)ns2)C[C@H]1C)CC(C)(C)C. The standard InChI is InChI=1S/C23H33FN4OS/c1-16(14-23(3,4)5)12-21(29)28-11-10-27(15-17(28)2)22-25-20(26-30-22)13-18-6-8-19(24)9-7-18/h6-9,16-17H,10-15H2,1-5H3/t16-,17-/m1/s1. The second-order valence-corrected chi connectivity index (χ2v) is 10.5. The Labute approximate surface area is 183 Å². The molecule has 30 heavy (non-hydrogen) atoms. The molecule has 0 N–H and O–H groups in total. The molecular formula is C23H33FN4OS. The van der Waals surface area contributed by atoms with Gasteiger partial charge in [0.15, 0.2) is 0 Å². The van der Waals surface area contributed by atoms with E-state index in [1.165, 1.54) is 23.7 Å². The molecule has 2 atom stereocenters. The lowest BCUT2D eigenvalue weighted by atomic mass is 9.84. The highest BCUT2D eigenvalue weighted by Crippen LogP contribution is 2.28. The van der Waals surface area contributed by atoms with E-state index >= 15 is 0 Å². The third kappa shape index (κ3) is 6.24. The van der Waals surface area contributed by atoms with Gasteiger partial charge in [-0.25, -0.2) is 9.37 Å². The van der Waals surface area contributed by atoms with Crippen LogP contribution in [0.1, 0.15) is 58.8 Å². The largest absolute Gasteiger partial charge is 0.343 e. The minimum atomic E-state index is -0.236. The van der Waals surface area contributed by atoms with E-state index in [4.69, 9.17) is 0 Å². The second-order valence-electron chi connectivity index (χ2n) is 9.75. The number of aromatic nitrogens is 2. The van der Waals surface area contributed by atoms with E-state index in [0.29, 0.717) is 18.8 Å². The normalized spacial score (nSPS) is 18.5. The average Bonchev–Trinajstić information content (AvgIpc) is 3.10. The Bertz CT molecular complexity index is 846. The zero-order valence-electron chi connectivity index (χ0n) is 18.7. The molecular weight excluding hydrogens is 399 g/mol. The van der Waals surface area contributed by atoms with Gasteiger partial charge in [0.1, 0.15) is 11.6 Å². The lowest BCUT2D eigenvalue weighted by molar-refractivity contribution is -0.134. The van der Waals surface area contributed by atoms with Gasteiger partial charge in [-0.05, 0) is 42.4 Å². The van der Waals surface area contributed by atoms with Gasteiger partial charge in [0.05, 0.1) is 0 Å². The Hall–Kier alpha value is -2.02.